The molecule has 1 saturated heterocycles. The number of β-amino-alcohol motifs (C(OH)–C–C–N with tert-alkyl or cyclic N) is 1. The number of aliphatic hydroxyl groups is 1. The Kier molecular flexibility index (Phi) is 3.91. The van der Waals surface area contributed by atoms with Crippen LogP contribution in [0.5, 0.6) is 0 Å². The van der Waals surface area contributed by atoms with Gasteiger partial charge in [0.05, 0.1) is 6.10 Å². The summed E-state index contributed by atoms with van der Waals surface area (Å²) in [6.45, 7) is 6.63. The molecule has 16 heavy (non-hydrogen) atoms. The van der Waals surface area contributed by atoms with Gasteiger partial charge < -0.3 is 15.3 Å². The Balaban J connectivity index is 2.71. The summed E-state index contributed by atoms with van der Waals surface area (Å²) >= 11 is 0. The number of nitrogens with one attached hydrogen (secondary N) is 1. The van der Waals surface area contributed by atoms with Crippen molar-refractivity contribution in [3.63, 3.8) is 0 Å². The number of amides is 2. The number of aliphatic hydroxyl groups excluding tert-OH is 1. The fraction of sp³-hybridized carbons (Fsp3) is 0.818. The SMILES string of the molecule is CC(C)(C)C(NC=O)C(=O)N1CCC(O)C1. The maximum Gasteiger partial charge on any atom is 0.245 e. The van der Waals surface area contributed by atoms with E-state index in [0.717, 1.165) is 0 Å². The van der Waals surface area contributed by atoms with Crippen LogP contribution in [0.2, 0.25) is 0 Å². The quantitative estimate of drug-likeness (QED) is 0.654. The molecule has 5 nitrogen and oxygen atoms in total. The molecule has 2 unspecified atom stereocenters. The number of carbonyl (C=O) groups excluding carboxylic acids is 2. The van der Waals surface area contributed by atoms with Crippen molar-refractivity contribution in [2.24, 2.45) is 5.41 Å². The first kappa shape index (κ1) is 13.0. The lowest BCUT2D eigenvalue weighted by Crippen LogP contribution is -2.52. The van der Waals surface area contributed by atoms with Crippen LogP contribution >= 0.6 is 0 Å². The van der Waals surface area contributed by atoms with Crippen LogP contribution in [0.25, 0.3) is 0 Å². The number of hydrogen-bond donors (Lipinski definition) is 2. The van der Waals surface area contributed by atoms with Crippen molar-refractivity contribution in [2.45, 2.75) is 39.3 Å². The van der Waals surface area contributed by atoms with E-state index < -0.39 is 12.1 Å². The standard InChI is InChI=1S/C11H20N2O3/c1-11(2,3)9(12-7-14)10(16)13-5-4-8(15)6-13/h7-9,15H,4-6H2,1-3H3,(H,12,14). The van der Waals surface area contributed by atoms with Gasteiger partial charge in [0.2, 0.25) is 12.3 Å². The summed E-state index contributed by atoms with van der Waals surface area (Å²) in [7, 11) is 0. The van der Waals surface area contributed by atoms with Crippen LogP contribution in [0.1, 0.15) is 27.2 Å². The number of hydrogen-bond acceptors (Lipinski definition) is 3. The minimum Gasteiger partial charge on any atom is -0.391 e. The van der Waals surface area contributed by atoms with E-state index in [-0.39, 0.29) is 11.3 Å². The lowest BCUT2D eigenvalue weighted by Gasteiger charge is -2.32. The van der Waals surface area contributed by atoms with Crippen molar-refractivity contribution >= 4 is 12.3 Å². The summed E-state index contributed by atoms with van der Waals surface area (Å²) in [4.78, 5) is 24.2. The fourth-order valence-corrected chi connectivity index (χ4v) is 1.88. The molecule has 5 heteroatoms. The molecule has 2 N–H and O–H groups in total. The zero-order valence-corrected chi connectivity index (χ0v) is 10.1. The summed E-state index contributed by atoms with van der Waals surface area (Å²) in [5, 5.41) is 11.9. The second kappa shape index (κ2) is 4.82. The Hall–Kier alpha value is -1.10. The van der Waals surface area contributed by atoms with E-state index >= 15 is 0 Å². The molecule has 0 aromatic rings. The molecule has 2 atom stereocenters. The maximum atomic E-state index is 12.1. The average Bonchev–Trinajstić information content (AvgIpc) is 2.58. The highest BCUT2D eigenvalue weighted by Crippen LogP contribution is 2.22. The topological polar surface area (TPSA) is 69.6 Å². The van der Waals surface area contributed by atoms with E-state index in [1.165, 1.54) is 0 Å². The van der Waals surface area contributed by atoms with Gasteiger partial charge in [0.15, 0.2) is 0 Å². The first-order valence-electron chi connectivity index (χ1n) is 5.53. The van der Waals surface area contributed by atoms with Crippen molar-refractivity contribution in [3.8, 4) is 0 Å². The second-order valence-corrected chi connectivity index (χ2v) is 5.31. The van der Waals surface area contributed by atoms with Crippen molar-refractivity contribution in [1.29, 1.82) is 0 Å². The lowest BCUT2D eigenvalue weighted by molar-refractivity contribution is -0.137. The lowest BCUT2D eigenvalue weighted by atomic mass is 9.86. The number of carbonyl (C=O) groups is 2. The molecule has 0 aromatic carbocycles. The van der Waals surface area contributed by atoms with E-state index in [1.807, 2.05) is 20.8 Å². The zero-order valence-electron chi connectivity index (χ0n) is 10.1. The van der Waals surface area contributed by atoms with Crippen LogP contribution in [-0.4, -0.2) is 47.6 Å². The molecule has 1 fully saturated rings. The van der Waals surface area contributed by atoms with Gasteiger partial charge >= 0.3 is 0 Å². The van der Waals surface area contributed by atoms with E-state index in [0.29, 0.717) is 25.9 Å². The van der Waals surface area contributed by atoms with Crippen LogP contribution in [0.3, 0.4) is 0 Å². The van der Waals surface area contributed by atoms with Gasteiger partial charge in [-0.1, -0.05) is 20.8 Å². The largest absolute Gasteiger partial charge is 0.391 e. The van der Waals surface area contributed by atoms with Gasteiger partial charge in [0.1, 0.15) is 6.04 Å². The molecule has 1 heterocycles. The normalized spacial score (nSPS) is 23.0. The molecule has 0 spiro atoms. The third kappa shape index (κ3) is 2.95. The summed E-state index contributed by atoms with van der Waals surface area (Å²) in [5.74, 6) is -0.115. The molecule has 92 valence electrons. The van der Waals surface area contributed by atoms with Gasteiger partial charge in [0.25, 0.3) is 0 Å². The number of nitrogens with zero attached hydrogens (tertiary/aromatic N) is 1. The third-order valence-corrected chi connectivity index (χ3v) is 2.82. The second-order valence-electron chi connectivity index (χ2n) is 5.31. The van der Waals surface area contributed by atoms with Crippen molar-refractivity contribution < 1.29 is 14.7 Å². The summed E-state index contributed by atoms with van der Waals surface area (Å²) in [5.41, 5.74) is -0.328. The van der Waals surface area contributed by atoms with Gasteiger partial charge in [-0.25, -0.2) is 0 Å². The van der Waals surface area contributed by atoms with Crippen LogP contribution < -0.4 is 5.32 Å². The van der Waals surface area contributed by atoms with Gasteiger partial charge in [-0.3, -0.25) is 9.59 Å². The predicted molar refractivity (Wildman–Crippen MR) is 59.6 cm³/mol. The molecule has 1 rings (SSSR count). The van der Waals surface area contributed by atoms with E-state index in [4.69, 9.17) is 0 Å². The maximum absolute atomic E-state index is 12.1. The first-order chi connectivity index (χ1) is 7.36. The predicted octanol–water partition coefficient (Wildman–Crippen LogP) is -0.260. The molecule has 2 amide bonds. The van der Waals surface area contributed by atoms with Gasteiger partial charge in [-0.05, 0) is 11.8 Å². The number of rotatable bonds is 3. The Bertz CT molecular complexity index is 273. The summed E-state index contributed by atoms with van der Waals surface area (Å²) in [6.07, 6.45) is 0.741. The zero-order chi connectivity index (χ0) is 12.3. The summed E-state index contributed by atoms with van der Waals surface area (Å²) in [6, 6.07) is -0.532. The Morgan fingerprint density at radius 1 is 1.56 bits per heavy atom. The highest BCUT2D eigenvalue weighted by Gasteiger charge is 2.36. The van der Waals surface area contributed by atoms with Crippen molar-refractivity contribution in [3.05, 3.63) is 0 Å². The van der Waals surface area contributed by atoms with Crippen LogP contribution in [0.15, 0.2) is 0 Å². The minimum absolute atomic E-state index is 0.115. The number of likely N-dealkylation sites (tertiary alicyclic amines) is 1. The fourth-order valence-electron chi connectivity index (χ4n) is 1.88. The Labute approximate surface area is 95.8 Å². The van der Waals surface area contributed by atoms with E-state index in [2.05, 4.69) is 5.32 Å². The van der Waals surface area contributed by atoms with Crippen molar-refractivity contribution in [2.75, 3.05) is 13.1 Å². The Morgan fingerprint density at radius 3 is 2.56 bits per heavy atom. The van der Waals surface area contributed by atoms with Crippen LogP contribution in [0.4, 0.5) is 0 Å². The van der Waals surface area contributed by atoms with Crippen molar-refractivity contribution in [1.82, 2.24) is 10.2 Å². The van der Waals surface area contributed by atoms with Gasteiger partial charge in [-0.15, -0.1) is 0 Å². The molecule has 1 aliphatic heterocycles. The minimum atomic E-state index is -0.532. The first-order valence-corrected chi connectivity index (χ1v) is 5.53. The highest BCUT2D eigenvalue weighted by molar-refractivity contribution is 5.84. The molecule has 0 radical (unpaired) electrons. The monoisotopic (exact) mass is 228 g/mol. The molecular formula is C11H20N2O3. The van der Waals surface area contributed by atoms with Gasteiger partial charge in [-0.2, -0.15) is 0 Å². The molecule has 0 saturated carbocycles. The van der Waals surface area contributed by atoms with Crippen LogP contribution in [-0.2, 0) is 9.59 Å². The van der Waals surface area contributed by atoms with E-state index in [9.17, 15) is 14.7 Å². The average molecular weight is 228 g/mol. The summed E-state index contributed by atoms with van der Waals surface area (Å²) < 4.78 is 0. The smallest absolute Gasteiger partial charge is 0.245 e. The third-order valence-electron chi connectivity index (χ3n) is 2.82. The molecule has 1 aliphatic rings. The molecular weight excluding hydrogens is 208 g/mol. The van der Waals surface area contributed by atoms with Crippen LogP contribution in [0, 0.1) is 5.41 Å². The van der Waals surface area contributed by atoms with Gasteiger partial charge in [0, 0.05) is 13.1 Å². The molecule has 0 bridgehead atoms. The molecule has 0 aliphatic carbocycles. The highest BCUT2D eigenvalue weighted by atomic mass is 16.3. The molecule has 0 aromatic heterocycles. The Morgan fingerprint density at radius 2 is 2.19 bits per heavy atom. The van der Waals surface area contributed by atoms with E-state index in [1.54, 1.807) is 4.90 Å².